The minimum Gasteiger partial charge on any atom is -0.496 e. The van der Waals surface area contributed by atoms with E-state index in [9.17, 15) is 9.59 Å². The van der Waals surface area contributed by atoms with Gasteiger partial charge in [0.05, 0.1) is 12.7 Å². The zero-order valence-electron chi connectivity index (χ0n) is 16.6. The summed E-state index contributed by atoms with van der Waals surface area (Å²) >= 11 is 0. The third-order valence-electron chi connectivity index (χ3n) is 3.48. The molecule has 0 aliphatic carbocycles. The van der Waals surface area contributed by atoms with Gasteiger partial charge in [0, 0.05) is 19.2 Å². The smallest absolute Gasteiger partial charge is 0.407 e. The van der Waals surface area contributed by atoms with E-state index in [0.29, 0.717) is 22.8 Å². The van der Waals surface area contributed by atoms with Gasteiger partial charge in [-0.2, -0.15) is 0 Å². The first-order valence-corrected chi connectivity index (χ1v) is 8.94. The second-order valence-electron chi connectivity index (χ2n) is 6.96. The number of carbonyl (C=O) groups is 2. The van der Waals surface area contributed by atoms with Crippen molar-refractivity contribution in [2.75, 3.05) is 20.2 Å². The fourth-order valence-corrected chi connectivity index (χ4v) is 2.30. The summed E-state index contributed by atoms with van der Waals surface area (Å²) in [4.78, 5) is 24.0. The minimum absolute atomic E-state index is 0.248. The summed E-state index contributed by atoms with van der Waals surface area (Å²) in [5.74, 6) is 1.33. The van der Waals surface area contributed by atoms with Crippen LogP contribution in [0.3, 0.4) is 0 Å². The van der Waals surface area contributed by atoms with Gasteiger partial charge >= 0.3 is 6.09 Å². The van der Waals surface area contributed by atoms with Crippen LogP contribution < -0.4 is 20.1 Å². The number of ether oxygens (including phenoxy) is 3. The topological polar surface area (TPSA) is 85.9 Å². The van der Waals surface area contributed by atoms with E-state index in [2.05, 4.69) is 10.6 Å². The highest BCUT2D eigenvalue weighted by Crippen LogP contribution is 2.28. The van der Waals surface area contributed by atoms with Gasteiger partial charge in [-0.25, -0.2) is 4.79 Å². The Labute approximate surface area is 165 Å². The average molecular weight is 386 g/mol. The molecule has 0 aromatic heterocycles. The van der Waals surface area contributed by atoms with Crippen molar-refractivity contribution in [2.24, 2.45) is 0 Å². The van der Waals surface area contributed by atoms with Crippen molar-refractivity contribution in [3.8, 4) is 17.2 Å². The molecule has 7 nitrogen and oxygen atoms in total. The Morgan fingerprint density at radius 2 is 1.61 bits per heavy atom. The van der Waals surface area contributed by atoms with Gasteiger partial charge in [0.15, 0.2) is 0 Å². The van der Waals surface area contributed by atoms with Crippen LogP contribution in [-0.2, 0) is 4.74 Å². The summed E-state index contributed by atoms with van der Waals surface area (Å²) in [6.45, 7) is 5.85. The van der Waals surface area contributed by atoms with Crippen LogP contribution in [0.5, 0.6) is 17.2 Å². The van der Waals surface area contributed by atoms with Crippen LogP contribution in [0.4, 0.5) is 4.79 Å². The van der Waals surface area contributed by atoms with Gasteiger partial charge in [-0.15, -0.1) is 0 Å². The van der Waals surface area contributed by atoms with Crippen LogP contribution in [0, 0.1) is 0 Å². The first-order chi connectivity index (χ1) is 13.3. The molecule has 7 heteroatoms. The largest absolute Gasteiger partial charge is 0.496 e. The predicted molar refractivity (Wildman–Crippen MR) is 106 cm³/mol. The molecule has 2 aromatic carbocycles. The Kier molecular flexibility index (Phi) is 7.26. The molecule has 0 bridgehead atoms. The molecule has 2 amide bonds. The molecule has 0 heterocycles. The first-order valence-electron chi connectivity index (χ1n) is 8.94. The summed E-state index contributed by atoms with van der Waals surface area (Å²) in [7, 11) is 1.49. The molecule has 0 unspecified atom stereocenters. The lowest BCUT2D eigenvalue weighted by molar-refractivity contribution is 0.0526. The maximum absolute atomic E-state index is 12.4. The molecule has 2 rings (SSSR count). The number of hydrogen-bond acceptors (Lipinski definition) is 5. The van der Waals surface area contributed by atoms with Crippen LogP contribution in [0.25, 0.3) is 0 Å². The van der Waals surface area contributed by atoms with Crippen molar-refractivity contribution in [1.82, 2.24) is 10.6 Å². The number of methoxy groups -OCH3 is 1. The molecule has 0 spiro atoms. The number of carbonyl (C=O) groups excluding carboxylic acids is 2. The fourth-order valence-electron chi connectivity index (χ4n) is 2.30. The van der Waals surface area contributed by atoms with Crippen molar-refractivity contribution in [1.29, 1.82) is 0 Å². The van der Waals surface area contributed by atoms with Gasteiger partial charge in [0.2, 0.25) is 0 Å². The monoisotopic (exact) mass is 386 g/mol. The summed E-state index contributed by atoms with van der Waals surface area (Å²) in [6.07, 6.45) is -0.526. The number of alkyl carbamates (subject to hydrolysis) is 1. The van der Waals surface area contributed by atoms with Crippen LogP contribution in [0.2, 0.25) is 0 Å². The van der Waals surface area contributed by atoms with Gasteiger partial charge < -0.3 is 24.8 Å². The van der Waals surface area contributed by atoms with Crippen molar-refractivity contribution >= 4 is 12.0 Å². The van der Waals surface area contributed by atoms with Crippen LogP contribution in [-0.4, -0.2) is 37.8 Å². The van der Waals surface area contributed by atoms with Crippen molar-refractivity contribution in [2.45, 2.75) is 26.4 Å². The normalized spacial score (nSPS) is 10.7. The van der Waals surface area contributed by atoms with E-state index in [4.69, 9.17) is 14.2 Å². The maximum atomic E-state index is 12.4. The van der Waals surface area contributed by atoms with Gasteiger partial charge in [-0.05, 0) is 45.0 Å². The molecule has 0 fully saturated rings. The maximum Gasteiger partial charge on any atom is 0.407 e. The van der Waals surface area contributed by atoms with Gasteiger partial charge in [-0.3, -0.25) is 4.79 Å². The van der Waals surface area contributed by atoms with Crippen LogP contribution >= 0.6 is 0 Å². The van der Waals surface area contributed by atoms with Crippen LogP contribution in [0.15, 0.2) is 48.5 Å². The molecule has 0 atom stereocenters. The molecular formula is C21H26N2O5. The minimum atomic E-state index is -0.565. The van der Waals surface area contributed by atoms with E-state index in [1.54, 1.807) is 39.0 Å². The molecular weight excluding hydrogens is 360 g/mol. The summed E-state index contributed by atoms with van der Waals surface area (Å²) in [5.41, 5.74) is -0.190. The number of amides is 2. The van der Waals surface area contributed by atoms with E-state index < -0.39 is 11.7 Å². The highest BCUT2D eigenvalue weighted by atomic mass is 16.6. The predicted octanol–water partition coefficient (Wildman–Crippen LogP) is 3.74. The molecule has 0 aliphatic rings. The Hall–Kier alpha value is -3.22. The zero-order valence-corrected chi connectivity index (χ0v) is 16.6. The lowest BCUT2D eigenvalue weighted by Crippen LogP contribution is -2.37. The molecule has 0 saturated heterocycles. The second-order valence-corrected chi connectivity index (χ2v) is 6.96. The third kappa shape index (κ3) is 6.83. The van der Waals surface area contributed by atoms with Gasteiger partial charge in [0.1, 0.15) is 22.8 Å². The number of nitrogens with one attached hydrogen (secondary N) is 2. The summed E-state index contributed by atoms with van der Waals surface area (Å²) in [5, 5.41) is 5.31. The van der Waals surface area contributed by atoms with Crippen molar-refractivity contribution in [3.05, 3.63) is 54.1 Å². The van der Waals surface area contributed by atoms with Crippen molar-refractivity contribution < 1.29 is 23.8 Å². The molecule has 2 aromatic rings. The highest BCUT2D eigenvalue weighted by Gasteiger charge is 2.16. The summed E-state index contributed by atoms with van der Waals surface area (Å²) in [6, 6.07) is 14.3. The van der Waals surface area contributed by atoms with E-state index in [0.717, 1.165) is 0 Å². The lowest BCUT2D eigenvalue weighted by atomic mass is 10.1. The van der Waals surface area contributed by atoms with E-state index in [-0.39, 0.29) is 19.0 Å². The molecule has 150 valence electrons. The Morgan fingerprint density at radius 3 is 2.25 bits per heavy atom. The molecule has 2 N–H and O–H groups in total. The highest BCUT2D eigenvalue weighted by molar-refractivity contribution is 5.97. The number of benzene rings is 2. The SMILES string of the molecule is COc1cc(Oc2ccccc2)ccc1C(=O)NCCNC(=O)OC(C)(C)C. The van der Waals surface area contributed by atoms with Gasteiger partial charge in [-0.1, -0.05) is 18.2 Å². The quantitative estimate of drug-likeness (QED) is 0.708. The van der Waals surface area contributed by atoms with E-state index in [1.165, 1.54) is 7.11 Å². The molecule has 28 heavy (non-hydrogen) atoms. The van der Waals surface area contributed by atoms with Crippen LogP contribution in [0.1, 0.15) is 31.1 Å². The molecule has 0 radical (unpaired) electrons. The van der Waals surface area contributed by atoms with Gasteiger partial charge in [0.25, 0.3) is 5.91 Å². The Bertz CT molecular complexity index is 800. The number of rotatable bonds is 7. The fraction of sp³-hybridized carbons (Fsp3) is 0.333. The van der Waals surface area contributed by atoms with Crippen molar-refractivity contribution in [3.63, 3.8) is 0 Å². The Balaban J connectivity index is 1.89. The first kappa shape index (κ1) is 21.1. The average Bonchev–Trinajstić information content (AvgIpc) is 2.64. The second kappa shape index (κ2) is 9.64. The lowest BCUT2D eigenvalue weighted by Gasteiger charge is -2.19. The Morgan fingerprint density at radius 1 is 0.929 bits per heavy atom. The van der Waals surface area contributed by atoms with E-state index >= 15 is 0 Å². The number of para-hydroxylation sites is 1. The zero-order chi connectivity index (χ0) is 20.6. The molecule has 0 aliphatic heterocycles. The summed E-state index contributed by atoms with van der Waals surface area (Å²) < 4.78 is 16.2. The van der Waals surface area contributed by atoms with E-state index in [1.807, 2.05) is 30.3 Å². The standard InChI is InChI=1S/C21H26N2O5/c1-21(2,3)28-20(25)23-13-12-22-19(24)17-11-10-16(14-18(17)26-4)27-15-8-6-5-7-9-15/h5-11,14H,12-13H2,1-4H3,(H,22,24)(H,23,25). The number of hydrogen-bond donors (Lipinski definition) is 2. The molecule has 0 saturated carbocycles. The third-order valence-corrected chi connectivity index (χ3v) is 3.48.